The third-order valence-electron chi connectivity index (χ3n) is 7.19. The zero-order valence-electron chi connectivity index (χ0n) is 23.5. The number of likely N-dealkylation sites (N-methyl/N-ethyl adjacent to an activating group) is 1. The largest absolute Gasteiger partial charge is 0.489 e. The van der Waals surface area contributed by atoms with Crippen molar-refractivity contribution in [3.63, 3.8) is 0 Å². The topological polar surface area (TPSA) is 41.6 Å². The first kappa shape index (κ1) is 31.0. The van der Waals surface area contributed by atoms with E-state index in [4.69, 9.17) is 4.74 Å². The maximum absolute atomic E-state index is 14.8. The minimum Gasteiger partial charge on any atom is -0.489 e. The molecular formula is C33H33F5N2O2. The molecule has 1 aliphatic rings. The molecule has 1 fully saturated rings. The molecule has 0 atom stereocenters. The normalized spacial score (nSPS) is 17.2. The molecule has 0 spiro atoms. The van der Waals surface area contributed by atoms with Gasteiger partial charge in [-0.3, -0.25) is 4.79 Å². The van der Waals surface area contributed by atoms with Gasteiger partial charge in [-0.2, -0.15) is 0 Å². The molecule has 9 heteroatoms. The van der Waals surface area contributed by atoms with Crippen molar-refractivity contribution in [3.05, 3.63) is 112 Å². The number of halogens is 5. The summed E-state index contributed by atoms with van der Waals surface area (Å²) >= 11 is 0. The zero-order chi connectivity index (χ0) is 30.2. The van der Waals surface area contributed by atoms with Gasteiger partial charge in [-0.15, -0.1) is 0 Å². The van der Waals surface area contributed by atoms with E-state index in [1.807, 2.05) is 13.8 Å². The van der Waals surface area contributed by atoms with Crippen molar-refractivity contribution in [2.24, 2.45) is 0 Å². The highest BCUT2D eigenvalue weighted by Crippen LogP contribution is 2.32. The van der Waals surface area contributed by atoms with Crippen LogP contribution in [-0.2, 0) is 0 Å². The molecule has 0 saturated heterocycles. The van der Waals surface area contributed by atoms with E-state index in [0.717, 1.165) is 54.6 Å². The second-order valence-corrected chi connectivity index (χ2v) is 10.2. The first-order valence-corrected chi connectivity index (χ1v) is 13.9. The molecule has 42 heavy (non-hydrogen) atoms. The van der Waals surface area contributed by atoms with Crippen LogP contribution < -0.4 is 10.1 Å². The summed E-state index contributed by atoms with van der Waals surface area (Å²) in [6.45, 7) is 6.75. The van der Waals surface area contributed by atoms with Crippen LogP contribution in [0, 0.1) is 29.1 Å². The molecule has 0 aromatic heterocycles. The van der Waals surface area contributed by atoms with Gasteiger partial charge in [0.15, 0.2) is 34.8 Å². The summed E-state index contributed by atoms with van der Waals surface area (Å²) in [4.78, 5) is 15.3. The van der Waals surface area contributed by atoms with Crippen molar-refractivity contribution in [3.8, 4) is 5.75 Å². The van der Waals surface area contributed by atoms with Crippen LogP contribution >= 0.6 is 0 Å². The van der Waals surface area contributed by atoms with Crippen LogP contribution in [0.15, 0.2) is 65.7 Å². The molecule has 0 heterocycles. The number of nitrogens with one attached hydrogen (secondary N) is 1. The molecule has 4 rings (SSSR count). The molecule has 1 N–H and O–H groups in total. The van der Waals surface area contributed by atoms with Crippen LogP contribution in [0.3, 0.4) is 0 Å². The number of carbonyl (C=O) groups excluding carboxylic acids is 1. The van der Waals surface area contributed by atoms with Crippen molar-refractivity contribution < 1.29 is 31.5 Å². The van der Waals surface area contributed by atoms with Crippen LogP contribution in [0.25, 0.3) is 12.2 Å². The van der Waals surface area contributed by atoms with Gasteiger partial charge in [-0.1, -0.05) is 49.3 Å². The van der Waals surface area contributed by atoms with Crippen LogP contribution in [0.2, 0.25) is 0 Å². The lowest BCUT2D eigenvalue weighted by atomic mass is 9.84. The van der Waals surface area contributed by atoms with Gasteiger partial charge in [0.1, 0.15) is 6.61 Å². The Kier molecular flexibility index (Phi) is 10.5. The van der Waals surface area contributed by atoms with Gasteiger partial charge in [-0.05, 0) is 85.9 Å². The number of ether oxygens (including phenoxy) is 1. The van der Waals surface area contributed by atoms with Crippen LogP contribution in [0.4, 0.5) is 22.0 Å². The Hall–Kier alpha value is -3.98. The number of nitrogens with zero attached hydrogens (tertiary/aromatic N) is 1. The SMILES string of the molecule is CCN(CC)CCOc1ccc(C(=O)NC2C/C(=C\c3ccc(F)c(F)c3)C/C(=C/c3ccc(F)c(F)c3)C2)cc1F. The maximum Gasteiger partial charge on any atom is 0.251 e. The third kappa shape index (κ3) is 8.28. The quantitative estimate of drug-likeness (QED) is 0.250. The molecule has 3 aromatic carbocycles. The van der Waals surface area contributed by atoms with Crippen molar-refractivity contribution in [1.29, 1.82) is 0 Å². The average Bonchev–Trinajstić information content (AvgIpc) is 2.95. The standard InChI is InChI=1S/C33H33F5N2O2/c1-3-40(4-2)11-12-42-32-10-7-25(20-31(32)38)33(41)39-26-16-23(13-21-5-8-27(34)29(36)18-21)15-24(17-26)14-22-6-9-28(35)30(37)19-22/h5-10,13-14,18-20,26H,3-4,11-12,15-17H2,1-2H3,(H,39,41)/b23-13-,24-14-. The Labute approximate surface area is 242 Å². The lowest BCUT2D eigenvalue weighted by Crippen LogP contribution is -2.37. The van der Waals surface area contributed by atoms with Gasteiger partial charge in [0.25, 0.3) is 5.91 Å². The fourth-order valence-corrected chi connectivity index (χ4v) is 4.99. The summed E-state index contributed by atoms with van der Waals surface area (Å²) in [6.07, 6.45) is 4.65. The Bertz CT molecular complexity index is 1410. The van der Waals surface area contributed by atoms with E-state index in [1.165, 1.54) is 24.3 Å². The number of benzene rings is 3. The molecule has 0 unspecified atom stereocenters. The van der Waals surface area contributed by atoms with Crippen molar-refractivity contribution in [2.45, 2.75) is 39.2 Å². The lowest BCUT2D eigenvalue weighted by molar-refractivity contribution is 0.0934. The van der Waals surface area contributed by atoms with E-state index in [0.29, 0.717) is 43.5 Å². The molecule has 0 bridgehead atoms. The first-order valence-electron chi connectivity index (χ1n) is 13.9. The molecule has 1 amide bonds. The van der Waals surface area contributed by atoms with E-state index in [-0.39, 0.29) is 11.3 Å². The molecule has 1 saturated carbocycles. The van der Waals surface area contributed by atoms with Crippen LogP contribution in [-0.4, -0.2) is 43.1 Å². The van der Waals surface area contributed by atoms with E-state index < -0.39 is 41.0 Å². The summed E-state index contributed by atoms with van der Waals surface area (Å²) in [7, 11) is 0. The Morgan fingerprint density at radius 2 is 1.38 bits per heavy atom. The van der Waals surface area contributed by atoms with E-state index in [2.05, 4.69) is 10.2 Å². The average molecular weight is 585 g/mol. The van der Waals surface area contributed by atoms with Crippen LogP contribution in [0.1, 0.15) is 54.6 Å². The second-order valence-electron chi connectivity index (χ2n) is 10.2. The summed E-state index contributed by atoms with van der Waals surface area (Å²) in [5.74, 6) is -4.96. The van der Waals surface area contributed by atoms with E-state index >= 15 is 0 Å². The van der Waals surface area contributed by atoms with E-state index in [1.54, 1.807) is 12.2 Å². The predicted molar refractivity (Wildman–Crippen MR) is 153 cm³/mol. The number of rotatable bonds is 10. The number of hydrogen-bond donors (Lipinski definition) is 1. The summed E-state index contributed by atoms with van der Waals surface area (Å²) < 4.78 is 74.8. The molecular weight excluding hydrogens is 551 g/mol. The highest BCUT2D eigenvalue weighted by molar-refractivity contribution is 5.94. The molecule has 0 aliphatic heterocycles. The first-order chi connectivity index (χ1) is 20.1. The third-order valence-corrected chi connectivity index (χ3v) is 7.19. The van der Waals surface area contributed by atoms with Crippen molar-refractivity contribution in [1.82, 2.24) is 10.2 Å². The van der Waals surface area contributed by atoms with Gasteiger partial charge < -0.3 is 15.0 Å². The molecule has 222 valence electrons. The van der Waals surface area contributed by atoms with Crippen molar-refractivity contribution in [2.75, 3.05) is 26.2 Å². The Balaban J connectivity index is 1.51. The number of carbonyl (C=O) groups is 1. The van der Waals surface area contributed by atoms with Crippen LogP contribution in [0.5, 0.6) is 5.75 Å². The molecule has 4 nitrogen and oxygen atoms in total. The van der Waals surface area contributed by atoms with Gasteiger partial charge in [0.05, 0.1) is 0 Å². The minimum atomic E-state index is -0.981. The molecule has 3 aromatic rings. The maximum atomic E-state index is 14.8. The fraction of sp³-hybridized carbons (Fsp3) is 0.303. The minimum absolute atomic E-state index is 0.0601. The van der Waals surface area contributed by atoms with E-state index in [9.17, 15) is 26.7 Å². The van der Waals surface area contributed by atoms with Crippen molar-refractivity contribution >= 4 is 18.1 Å². The fourth-order valence-electron chi connectivity index (χ4n) is 4.99. The monoisotopic (exact) mass is 584 g/mol. The lowest BCUT2D eigenvalue weighted by Gasteiger charge is -2.28. The van der Waals surface area contributed by atoms with Gasteiger partial charge >= 0.3 is 0 Å². The number of hydrogen-bond acceptors (Lipinski definition) is 3. The molecule has 1 aliphatic carbocycles. The number of amides is 1. The highest BCUT2D eigenvalue weighted by Gasteiger charge is 2.24. The predicted octanol–water partition coefficient (Wildman–Crippen LogP) is 7.55. The summed E-state index contributed by atoms with van der Waals surface area (Å²) in [6, 6.07) is 10.7. The van der Waals surface area contributed by atoms with Gasteiger partial charge in [0.2, 0.25) is 0 Å². The summed E-state index contributed by atoms with van der Waals surface area (Å²) in [5, 5.41) is 2.92. The smallest absolute Gasteiger partial charge is 0.251 e. The highest BCUT2D eigenvalue weighted by atomic mass is 19.2. The Morgan fingerprint density at radius 1 is 0.810 bits per heavy atom. The summed E-state index contributed by atoms with van der Waals surface area (Å²) in [5.41, 5.74) is 2.64. The second kappa shape index (κ2) is 14.3. The zero-order valence-corrected chi connectivity index (χ0v) is 23.5. The van der Waals surface area contributed by atoms with Gasteiger partial charge in [-0.25, -0.2) is 22.0 Å². The Morgan fingerprint density at radius 3 is 1.88 bits per heavy atom. The molecule has 0 radical (unpaired) electrons. The van der Waals surface area contributed by atoms with Gasteiger partial charge in [0, 0.05) is 18.2 Å².